The Balaban J connectivity index is 1.77. The van der Waals surface area contributed by atoms with Gasteiger partial charge in [0.05, 0.1) is 0 Å². The Kier molecular flexibility index (Phi) is 7.55. The number of rotatable bonds is 11. The molecule has 17 heavy (non-hydrogen) atoms. The van der Waals surface area contributed by atoms with Crippen molar-refractivity contribution in [1.29, 1.82) is 0 Å². The molecule has 1 heteroatoms. The highest BCUT2D eigenvalue weighted by molar-refractivity contribution is 5.83. The largest absolute Gasteiger partial charge is 0.299 e. The summed E-state index contributed by atoms with van der Waals surface area (Å²) >= 11 is 0. The van der Waals surface area contributed by atoms with Crippen LogP contribution < -0.4 is 0 Å². The molecule has 1 rings (SSSR count). The van der Waals surface area contributed by atoms with Crippen LogP contribution in [0.3, 0.4) is 0 Å². The molecule has 0 aliphatic heterocycles. The Morgan fingerprint density at radius 3 is 1.88 bits per heavy atom. The van der Waals surface area contributed by atoms with E-state index in [1.807, 2.05) is 0 Å². The van der Waals surface area contributed by atoms with Gasteiger partial charge in [0.1, 0.15) is 5.78 Å². The van der Waals surface area contributed by atoms with Gasteiger partial charge < -0.3 is 0 Å². The van der Waals surface area contributed by atoms with Gasteiger partial charge >= 0.3 is 0 Å². The standard InChI is InChI=1S/C16H30O/c1-3-4-5-6-7-8-9-10-11-12-16(17)15-13-14(15)2/h14-15H,3-13H2,1-2H3/t14-,15-/m1/s1. The summed E-state index contributed by atoms with van der Waals surface area (Å²) in [5, 5.41) is 0. The predicted octanol–water partition coefficient (Wildman–Crippen LogP) is 5.13. The lowest BCUT2D eigenvalue weighted by molar-refractivity contribution is -0.120. The smallest absolute Gasteiger partial charge is 0.136 e. The summed E-state index contributed by atoms with van der Waals surface area (Å²) in [5.74, 6) is 1.69. The fourth-order valence-corrected chi connectivity index (χ4v) is 2.57. The van der Waals surface area contributed by atoms with Crippen LogP contribution in [0, 0.1) is 11.8 Å². The highest BCUT2D eigenvalue weighted by atomic mass is 16.1. The number of ketones is 1. The van der Waals surface area contributed by atoms with Gasteiger partial charge in [-0.15, -0.1) is 0 Å². The minimum atomic E-state index is 0.448. The van der Waals surface area contributed by atoms with E-state index >= 15 is 0 Å². The maximum absolute atomic E-state index is 11.6. The average molecular weight is 238 g/mol. The highest BCUT2D eigenvalue weighted by Crippen LogP contribution is 2.39. The van der Waals surface area contributed by atoms with E-state index in [4.69, 9.17) is 0 Å². The number of Topliss-reactive ketones (excluding diaryl/α,β-unsaturated/α-hetero) is 1. The van der Waals surface area contributed by atoms with Crippen molar-refractivity contribution in [3.05, 3.63) is 0 Å². The highest BCUT2D eigenvalue weighted by Gasteiger charge is 2.37. The fraction of sp³-hybridized carbons (Fsp3) is 0.938. The molecule has 0 N–H and O–H groups in total. The van der Waals surface area contributed by atoms with E-state index in [0.717, 1.165) is 19.3 Å². The Morgan fingerprint density at radius 1 is 0.941 bits per heavy atom. The topological polar surface area (TPSA) is 17.1 Å². The predicted molar refractivity (Wildman–Crippen MR) is 74.1 cm³/mol. The monoisotopic (exact) mass is 238 g/mol. The first-order chi connectivity index (χ1) is 8.25. The molecule has 1 aliphatic rings. The van der Waals surface area contributed by atoms with Gasteiger partial charge in [-0.05, 0) is 18.8 Å². The summed E-state index contributed by atoms with van der Waals surface area (Å²) < 4.78 is 0. The molecule has 0 radical (unpaired) electrons. The molecule has 1 nitrogen and oxygen atoms in total. The van der Waals surface area contributed by atoms with Gasteiger partial charge in [-0.25, -0.2) is 0 Å². The SMILES string of the molecule is CCCCCCCCCCCC(=O)[C@@H]1C[C@H]1C. The summed E-state index contributed by atoms with van der Waals surface area (Å²) in [5.41, 5.74) is 0. The minimum absolute atomic E-state index is 0.448. The fourth-order valence-electron chi connectivity index (χ4n) is 2.57. The Bertz CT molecular complexity index is 210. The molecule has 0 saturated heterocycles. The molecule has 0 bridgehead atoms. The van der Waals surface area contributed by atoms with Crippen LogP contribution in [0.5, 0.6) is 0 Å². The summed E-state index contributed by atoms with van der Waals surface area (Å²) in [6.07, 6.45) is 14.1. The van der Waals surface area contributed by atoms with Crippen molar-refractivity contribution in [2.75, 3.05) is 0 Å². The van der Waals surface area contributed by atoms with Crippen molar-refractivity contribution in [2.24, 2.45) is 11.8 Å². The summed E-state index contributed by atoms with van der Waals surface area (Å²) in [6.45, 7) is 4.45. The van der Waals surface area contributed by atoms with E-state index < -0.39 is 0 Å². The molecule has 1 aliphatic carbocycles. The van der Waals surface area contributed by atoms with Crippen LogP contribution in [0.4, 0.5) is 0 Å². The second-order valence-corrected chi connectivity index (χ2v) is 5.86. The quantitative estimate of drug-likeness (QED) is 0.456. The molecule has 0 aromatic rings. The van der Waals surface area contributed by atoms with Crippen molar-refractivity contribution >= 4 is 5.78 Å². The van der Waals surface area contributed by atoms with Gasteiger partial charge in [0, 0.05) is 12.3 Å². The Hall–Kier alpha value is -0.330. The van der Waals surface area contributed by atoms with Crippen LogP contribution in [0.1, 0.15) is 84.5 Å². The molecule has 100 valence electrons. The van der Waals surface area contributed by atoms with E-state index in [0.29, 0.717) is 17.6 Å². The van der Waals surface area contributed by atoms with Crippen molar-refractivity contribution in [3.8, 4) is 0 Å². The first-order valence-corrected chi connectivity index (χ1v) is 7.78. The summed E-state index contributed by atoms with van der Waals surface area (Å²) in [4.78, 5) is 11.6. The Labute approximate surface area is 107 Å². The van der Waals surface area contributed by atoms with Crippen LogP contribution >= 0.6 is 0 Å². The first-order valence-electron chi connectivity index (χ1n) is 7.78. The average Bonchev–Trinajstić information content (AvgIpc) is 3.04. The lowest BCUT2D eigenvalue weighted by Gasteiger charge is -2.01. The van der Waals surface area contributed by atoms with Crippen LogP contribution in [0.15, 0.2) is 0 Å². The molecule has 0 aromatic heterocycles. The second-order valence-electron chi connectivity index (χ2n) is 5.86. The molecule has 1 fully saturated rings. The lowest BCUT2D eigenvalue weighted by atomic mass is 10.0. The number of hydrogen-bond acceptors (Lipinski definition) is 1. The summed E-state index contributed by atoms with van der Waals surface area (Å²) in [7, 11) is 0. The third-order valence-electron chi connectivity index (χ3n) is 4.05. The summed E-state index contributed by atoms with van der Waals surface area (Å²) in [6, 6.07) is 0. The number of carbonyl (C=O) groups excluding carboxylic acids is 1. The van der Waals surface area contributed by atoms with Gasteiger partial charge in [0.25, 0.3) is 0 Å². The zero-order chi connectivity index (χ0) is 12.5. The number of hydrogen-bond donors (Lipinski definition) is 0. The molecule has 0 unspecified atom stereocenters. The molecule has 0 spiro atoms. The van der Waals surface area contributed by atoms with E-state index in [1.165, 1.54) is 51.4 Å². The van der Waals surface area contributed by atoms with Crippen LogP contribution in [0.2, 0.25) is 0 Å². The van der Waals surface area contributed by atoms with Crippen LogP contribution in [-0.2, 0) is 4.79 Å². The van der Waals surface area contributed by atoms with Gasteiger partial charge in [0.15, 0.2) is 0 Å². The maximum Gasteiger partial charge on any atom is 0.136 e. The first kappa shape index (κ1) is 14.7. The molecule has 2 atom stereocenters. The Morgan fingerprint density at radius 2 is 1.41 bits per heavy atom. The van der Waals surface area contributed by atoms with Crippen LogP contribution in [-0.4, -0.2) is 5.78 Å². The van der Waals surface area contributed by atoms with Crippen molar-refractivity contribution in [2.45, 2.75) is 84.5 Å². The second kappa shape index (κ2) is 8.72. The molecule has 1 saturated carbocycles. The van der Waals surface area contributed by atoms with E-state index in [2.05, 4.69) is 13.8 Å². The maximum atomic E-state index is 11.6. The zero-order valence-electron chi connectivity index (χ0n) is 11.8. The van der Waals surface area contributed by atoms with Crippen molar-refractivity contribution in [3.63, 3.8) is 0 Å². The van der Waals surface area contributed by atoms with E-state index in [-0.39, 0.29) is 0 Å². The lowest BCUT2D eigenvalue weighted by Crippen LogP contribution is -2.01. The van der Waals surface area contributed by atoms with Crippen molar-refractivity contribution < 1.29 is 4.79 Å². The minimum Gasteiger partial charge on any atom is -0.299 e. The molecule has 0 aromatic carbocycles. The molecular weight excluding hydrogens is 208 g/mol. The van der Waals surface area contributed by atoms with Gasteiger partial charge in [-0.3, -0.25) is 4.79 Å². The molecule has 0 heterocycles. The number of carbonyl (C=O) groups is 1. The molecular formula is C16H30O. The van der Waals surface area contributed by atoms with E-state index in [1.54, 1.807) is 0 Å². The van der Waals surface area contributed by atoms with Crippen molar-refractivity contribution in [1.82, 2.24) is 0 Å². The van der Waals surface area contributed by atoms with Gasteiger partial charge in [-0.2, -0.15) is 0 Å². The normalized spacial score (nSPS) is 22.7. The number of unbranched alkanes of at least 4 members (excludes halogenated alkanes) is 8. The zero-order valence-corrected chi connectivity index (χ0v) is 11.8. The third-order valence-corrected chi connectivity index (χ3v) is 4.05. The third kappa shape index (κ3) is 6.85. The van der Waals surface area contributed by atoms with Crippen LogP contribution in [0.25, 0.3) is 0 Å². The van der Waals surface area contributed by atoms with Gasteiger partial charge in [0.2, 0.25) is 0 Å². The molecule has 0 amide bonds. The van der Waals surface area contributed by atoms with E-state index in [9.17, 15) is 4.79 Å². The van der Waals surface area contributed by atoms with Gasteiger partial charge in [-0.1, -0.05) is 65.2 Å².